The van der Waals surface area contributed by atoms with Gasteiger partial charge in [0.2, 0.25) is 0 Å². The largest absolute Gasteiger partial charge is 0.497 e. The van der Waals surface area contributed by atoms with Crippen LogP contribution < -0.4 is 15.2 Å². The highest BCUT2D eigenvalue weighted by molar-refractivity contribution is 5.73. The van der Waals surface area contributed by atoms with Crippen molar-refractivity contribution in [2.45, 2.75) is 12.8 Å². The molecule has 3 aromatic carbocycles. The van der Waals surface area contributed by atoms with Crippen LogP contribution >= 0.6 is 0 Å². The van der Waals surface area contributed by atoms with E-state index in [2.05, 4.69) is 60.7 Å². The minimum absolute atomic E-state index is 0.714. The topological polar surface area (TPSA) is 44.5 Å². The molecule has 0 bridgehead atoms. The van der Waals surface area contributed by atoms with E-state index in [-0.39, 0.29) is 0 Å². The molecule has 0 heterocycles. The van der Waals surface area contributed by atoms with Crippen LogP contribution in [0.3, 0.4) is 0 Å². The highest BCUT2D eigenvalue weighted by atomic mass is 16.5. The van der Waals surface area contributed by atoms with Gasteiger partial charge in [-0.05, 0) is 65.9 Å². The second-order valence-electron chi connectivity index (χ2n) is 7.02. The van der Waals surface area contributed by atoms with Gasteiger partial charge in [-0.15, -0.1) is 0 Å². The Morgan fingerprint density at radius 2 is 1.00 bits per heavy atom. The van der Waals surface area contributed by atoms with Crippen LogP contribution in [-0.4, -0.2) is 20.3 Å². The second kappa shape index (κ2) is 11.6. The second-order valence-corrected chi connectivity index (χ2v) is 7.02. The lowest BCUT2D eigenvalue weighted by molar-refractivity contribution is 0.308. The zero-order valence-electron chi connectivity index (χ0n) is 17.5. The van der Waals surface area contributed by atoms with E-state index in [9.17, 15) is 0 Å². The molecular weight excluding hydrogens is 370 g/mol. The molecule has 2 N–H and O–H groups in total. The molecule has 3 heteroatoms. The monoisotopic (exact) mass is 399 g/mol. The van der Waals surface area contributed by atoms with Crippen molar-refractivity contribution in [2.75, 3.05) is 20.3 Å². The minimum Gasteiger partial charge on any atom is -0.497 e. The van der Waals surface area contributed by atoms with E-state index < -0.39 is 0 Å². The Hall–Kier alpha value is -3.30. The summed E-state index contributed by atoms with van der Waals surface area (Å²) in [6, 6.07) is 24.7. The first kappa shape index (κ1) is 21.4. The van der Waals surface area contributed by atoms with Gasteiger partial charge in [0.25, 0.3) is 0 Å². The fourth-order valence-electron chi connectivity index (χ4n) is 2.93. The van der Waals surface area contributed by atoms with Gasteiger partial charge in [-0.3, -0.25) is 0 Å². The Balaban J connectivity index is 1.53. The van der Waals surface area contributed by atoms with Gasteiger partial charge in [0.1, 0.15) is 11.5 Å². The quantitative estimate of drug-likeness (QED) is 0.328. The van der Waals surface area contributed by atoms with Crippen molar-refractivity contribution in [3.63, 3.8) is 0 Å². The molecule has 30 heavy (non-hydrogen) atoms. The molecule has 0 saturated carbocycles. The van der Waals surface area contributed by atoms with E-state index in [0.29, 0.717) is 13.2 Å². The van der Waals surface area contributed by atoms with E-state index in [1.54, 1.807) is 7.11 Å². The molecule has 0 atom stereocenters. The van der Waals surface area contributed by atoms with Gasteiger partial charge in [0, 0.05) is 0 Å². The number of benzene rings is 3. The number of nitrogens with two attached hydrogens (primary N) is 1. The summed E-state index contributed by atoms with van der Waals surface area (Å²) in [6.07, 6.45) is 10.4. The van der Waals surface area contributed by atoms with Crippen molar-refractivity contribution in [1.82, 2.24) is 0 Å². The molecular formula is C27H29NO2. The predicted molar refractivity (Wildman–Crippen MR) is 128 cm³/mol. The maximum Gasteiger partial charge on any atom is 0.119 e. The number of ether oxygens (including phenoxy) is 2. The Labute approximate surface area is 179 Å². The van der Waals surface area contributed by atoms with Crippen molar-refractivity contribution < 1.29 is 9.47 Å². The number of hydrogen-bond donors (Lipinski definition) is 1. The Morgan fingerprint density at radius 3 is 1.40 bits per heavy atom. The van der Waals surface area contributed by atoms with E-state index in [4.69, 9.17) is 15.2 Å². The molecule has 154 valence electrons. The molecule has 0 aromatic heterocycles. The smallest absolute Gasteiger partial charge is 0.119 e. The first-order valence-corrected chi connectivity index (χ1v) is 10.3. The van der Waals surface area contributed by atoms with Crippen molar-refractivity contribution in [3.05, 3.63) is 95.1 Å². The number of methoxy groups -OCH3 is 1. The molecule has 0 fully saturated rings. The molecule has 3 nitrogen and oxygen atoms in total. The highest BCUT2D eigenvalue weighted by Crippen LogP contribution is 2.17. The van der Waals surface area contributed by atoms with Crippen LogP contribution in [0.25, 0.3) is 24.3 Å². The third kappa shape index (κ3) is 6.94. The van der Waals surface area contributed by atoms with E-state index in [1.807, 2.05) is 36.4 Å². The zero-order chi connectivity index (χ0) is 21.0. The van der Waals surface area contributed by atoms with Crippen LogP contribution in [0.15, 0.2) is 72.8 Å². The standard InChI is InChI=1S/C27H29NO2/c1-29-26-16-12-24(13-17-26)10-8-22-4-6-23(7-5-22)9-11-25-14-18-27(19-15-25)30-21-3-2-20-28/h4-19H,2-3,20-21,28H2,1H3/b10-8+,11-9+. The van der Waals surface area contributed by atoms with Gasteiger partial charge in [-0.1, -0.05) is 72.8 Å². The number of unbranched alkanes of at least 4 members (excludes halogenated alkanes) is 1. The Kier molecular flexibility index (Phi) is 8.31. The van der Waals surface area contributed by atoms with Gasteiger partial charge in [0.05, 0.1) is 13.7 Å². The predicted octanol–water partition coefficient (Wildman–Crippen LogP) is 6.15. The van der Waals surface area contributed by atoms with Crippen LogP contribution in [0.2, 0.25) is 0 Å². The SMILES string of the molecule is COc1ccc(/C=C/c2ccc(/C=C/c3ccc(OCCCCN)cc3)cc2)cc1. The van der Waals surface area contributed by atoms with E-state index >= 15 is 0 Å². The lowest BCUT2D eigenvalue weighted by atomic mass is 10.1. The van der Waals surface area contributed by atoms with Crippen molar-refractivity contribution in [1.29, 1.82) is 0 Å². The van der Waals surface area contributed by atoms with Crippen molar-refractivity contribution in [3.8, 4) is 11.5 Å². The van der Waals surface area contributed by atoms with Gasteiger partial charge in [-0.2, -0.15) is 0 Å². The average Bonchev–Trinajstić information content (AvgIpc) is 2.81. The third-order valence-electron chi connectivity index (χ3n) is 4.74. The van der Waals surface area contributed by atoms with Gasteiger partial charge < -0.3 is 15.2 Å². The molecule has 0 spiro atoms. The highest BCUT2D eigenvalue weighted by Gasteiger charge is 1.95. The Morgan fingerprint density at radius 1 is 0.600 bits per heavy atom. The lowest BCUT2D eigenvalue weighted by Gasteiger charge is -2.05. The van der Waals surface area contributed by atoms with Crippen LogP contribution in [0.4, 0.5) is 0 Å². The summed E-state index contributed by atoms with van der Waals surface area (Å²) >= 11 is 0. The first-order valence-electron chi connectivity index (χ1n) is 10.3. The van der Waals surface area contributed by atoms with Crippen LogP contribution in [0.1, 0.15) is 35.1 Å². The molecule has 3 aromatic rings. The first-order chi connectivity index (χ1) is 14.8. The summed E-state index contributed by atoms with van der Waals surface area (Å²) in [7, 11) is 1.68. The molecule has 0 aliphatic rings. The summed E-state index contributed by atoms with van der Waals surface area (Å²) in [5.74, 6) is 1.77. The Bertz CT molecular complexity index is 940. The summed E-state index contributed by atoms with van der Waals surface area (Å²) in [5.41, 5.74) is 10.1. The fourth-order valence-corrected chi connectivity index (χ4v) is 2.93. The van der Waals surface area contributed by atoms with E-state index in [0.717, 1.165) is 35.5 Å². The maximum absolute atomic E-state index is 5.71. The van der Waals surface area contributed by atoms with Gasteiger partial charge in [0.15, 0.2) is 0 Å². The van der Waals surface area contributed by atoms with Crippen LogP contribution in [-0.2, 0) is 0 Å². The molecule has 0 amide bonds. The van der Waals surface area contributed by atoms with Crippen LogP contribution in [0.5, 0.6) is 11.5 Å². The number of rotatable bonds is 10. The zero-order valence-corrected chi connectivity index (χ0v) is 17.5. The van der Waals surface area contributed by atoms with Gasteiger partial charge in [-0.25, -0.2) is 0 Å². The molecule has 0 aliphatic carbocycles. The molecule has 0 aliphatic heterocycles. The summed E-state index contributed by atoms with van der Waals surface area (Å²) < 4.78 is 10.9. The molecule has 3 rings (SSSR count). The normalized spacial score (nSPS) is 11.3. The summed E-state index contributed by atoms with van der Waals surface area (Å²) in [5, 5.41) is 0. The lowest BCUT2D eigenvalue weighted by Crippen LogP contribution is -2.03. The summed E-state index contributed by atoms with van der Waals surface area (Å²) in [6.45, 7) is 1.43. The van der Waals surface area contributed by atoms with Gasteiger partial charge >= 0.3 is 0 Å². The maximum atomic E-state index is 5.71. The average molecular weight is 400 g/mol. The van der Waals surface area contributed by atoms with E-state index in [1.165, 1.54) is 11.1 Å². The molecule has 0 radical (unpaired) electrons. The molecule has 0 saturated heterocycles. The number of hydrogen-bond acceptors (Lipinski definition) is 3. The summed E-state index contributed by atoms with van der Waals surface area (Å²) in [4.78, 5) is 0. The molecule has 0 unspecified atom stereocenters. The third-order valence-corrected chi connectivity index (χ3v) is 4.74. The van der Waals surface area contributed by atoms with Crippen molar-refractivity contribution >= 4 is 24.3 Å². The minimum atomic E-state index is 0.714. The van der Waals surface area contributed by atoms with Crippen LogP contribution in [0, 0.1) is 0 Å². The van der Waals surface area contributed by atoms with Crippen molar-refractivity contribution in [2.24, 2.45) is 5.73 Å². The fraction of sp³-hybridized carbons (Fsp3) is 0.185.